The van der Waals surface area contributed by atoms with Gasteiger partial charge in [-0.2, -0.15) is 5.26 Å². The summed E-state index contributed by atoms with van der Waals surface area (Å²) in [5.41, 5.74) is 1.98. The second-order valence-electron chi connectivity index (χ2n) is 3.77. The van der Waals surface area contributed by atoms with Gasteiger partial charge in [-0.3, -0.25) is 0 Å². The fourth-order valence-corrected chi connectivity index (χ4v) is 1.52. The lowest BCUT2D eigenvalue weighted by atomic mass is 9.97. The number of methoxy groups -OCH3 is 1. The standard InChI is InChI=1S/C13H15NO2/c1-9(2)12-6-10(11(7-14)8-15)4-5-13(12)16-3/h4-6,8-9,15H,1-3H3/b11-8+. The Morgan fingerprint density at radius 3 is 2.62 bits per heavy atom. The smallest absolute Gasteiger partial charge is 0.122 e. The van der Waals surface area contributed by atoms with Crippen LogP contribution in [0.3, 0.4) is 0 Å². The summed E-state index contributed by atoms with van der Waals surface area (Å²) >= 11 is 0. The highest BCUT2D eigenvalue weighted by molar-refractivity contribution is 5.76. The van der Waals surface area contributed by atoms with Gasteiger partial charge in [0.05, 0.1) is 18.9 Å². The molecule has 0 aromatic heterocycles. The molecule has 1 aromatic carbocycles. The van der Waals surface area contributed by atoms with Crippen molar-refractivity contribution in [1.82, 2.24) is 0 Å². The summed E-state index contributed by atoms with van der Waals surface area (Å²) in [5, 5.41) is 17.7. The van der Waals surface area contributed by atoms with Crippen LogP contribution in [0, 0.1) is 11.3 Å². The van der Waals surface area contributed by atoms with E-state index in [2.05, 4.69) is 13.8 Å². The number of nitrogens with zero attached hydrogens (tertiary/aromatic N) is 1. The molecule has 3 nitrogen and oxygen atoms in total. The summed E-state index contributed by atoms with van der Waals surface area (Å²) in [7, 11) is 1.62. The first-order chi connectivity index (χ1) is 7.63. The number of aliphatic hydroxyl groups is 1. The average Bonchev–Trinajstić information content (AvgIpc) is 2.30. The van der Waals surface area contributed by atoms with Gasteiger partial charge in [-0.25, -0.2) is 0 Å². The van der Waals surface area contributed by atoms with Gasteiger partial charge in [0, 0.05) is 0 Å². The van der Waals surface area contributed by atoms with Gasteiger partial charge in [-0.05, 0) is 35.2 Å². The molecular weight excluding hydrogens is 202 g/mol. The molecule has 3 heteroatoms. The van der Waals surface area contributed by atoms with Crippen LogP contribution in [-0.4, -0.2) is 12.2 Å². The number of allylic oxidation sites excluding steroid dienone is 1. The molecule has 0 radical (unpaired) electrons. The molecule has 1 rings (SSSR count). The van der Waals surface area contributed by atoms with E-state index in [4.69, 9.17) is 15.1 Å². The van der Waals surface area contributed by atoms with Crippen LogP contribution in [0.5, 0.6) is 5.75 Å². The van der Waals surface area contributed by atoms with E-state index in [1.54, 1.807) is 13.2 Å². The van der Waals surface area contributed by atoms with Crippen molar-refractivity contribution >= 4 is 5.57 Å². The van der Waals surface area contributed by atoms with Crippen LogP contribution >= 0.6 is 0 Å². The Bertz CT molecular complexity index is 442. The zero-order valence-electron chi connectivity index (χ0n) is 9.69. The summed E-state index contributed by atoms with van der Waals surface area (Å²) in [4.78, 5) is 0. The first-order valence-corrected chi connectivity index (χ1v) is 5.06. The van der Waals surface area contributed by atoms with Crippen LogP contribution in [-0.2, 0) is 0 Å². The van der Waals surface area contributed by atoms with Gasteiger partial charge in [-0.15, -0.1) is 0 Å². The Balaban J connectivity index is 3.28. The van der Waals surface area contributed by atoms with E-state index in [-0.39, 0.29) is 5.57 Å². The van der Waals surface area contributed by atoms with Gasteiger partial charge in [0.15, 0.2) is 0 Å². The monoisotopic (exact) mass is 217 g/mol. The topological polar surface area (TPSA) is 53.2 Å². The molecule has 1 aromatic rings. The molecule has 0 aliphatic carbocycles. The molecule has 0 aliphatic rings. The zero-order chi connectivity index (χ0) is 12.1. The molecule has 0 saturated carbocycles. The minimum atomic E-state index is 0.254. The molecule has 1 N–H and O–H groups in total. The fraction of sp³-hybridized carbons (Fsp3) is 0.308. The zero-order valence-corrected chi connectivity index (χ0v) is 9.69. The SMILES string of the molecule is COc1ccc(/C(C#N)=C/O)cc1C(C)C. The molecule has 0 atom stereocenters. The summed E-state index contributed by atoms with van der Waals surface area (Å²) in [6.45, 7) is 4.10. The van der Waals surface area contributed by atoms with Gasteiger partial charge in [-0.1, -0.05) is 13.8 Å². The number of hydrogen-bond acceptors (Lipinski definition) is 3. The van der Waals surface area contributed by atoms with E-state index >= 15 is 0 Å². The summed E-state index contributed by atoms with van der Waals surface area (Å²) in [5.74, 6) is 1.10. The summed E-state index contributed by atoms with van der Waals surface area (Å²) in [6.07, 6.45) is 0.825. The molecule has 0 fully saturated rings. The van der Waals surface area contributed by atoms with Crippen molar-refractivity contribution in [2.75, 3.05) is 7.11 Å². The van der Waals surface area contributed by atoms with E-state index < -0.39 is 0 Å². The second-order valence-corrected chi connectivity index (χ2v) is 3.77. The van der Waals surface area contributed by atoms with Gasteiger partial charge in [0.25, 0.3) is 0 Å². The van der Waals surface area contributed by atoms with Crippen LogP contribution in [0.4, 0.5) is 0 Å². The quantitative estimate of drug-likeness (QED) is 0.624. The Morgan fingerprint density at radius 1 is 1.50 bits per heavy atom. The van der Waals surface area contributed by atoms with Crippen molar-refractivity contribution in [2.24, 2.45) is 0 Å². The number of nitriles is 1. The van der Waals surface area contributed by atoms with Gasteiger partial charge in [0.2, 0.25) is 0 Å². The van der Waals surface area contributed by atoms with Crippen molar-refractivity contribution in [3.8, 4) is 11.8 Å². The lowest BCUT2D eigenvalue weighted by Gasteiger charge is -2.12. The average molecular weight is 217 g/mol. The van der Waals surface area contributed by atoms with Crippen molar-refractivity contribution in [1.29, 1.82) is 5.26 Å². The normalized spacial score (nSPS) is 11.3. The Hall–Kier alpha value is -1.95. The Kier molecular flexibility index (Phi) is 3.96. The molecular formula is C13H15NO2. The van der Waals surface area contributed by atoms with Gasteiger partial charge >= 0.3 is 0 Å². The van der Waals surface area contributed by atoms with Gasteiger partial charge < -0.3 is 9.84 Å². The lowest BCUT2D eigenvalue weighted by Crippen LogP contribution is -1.96. The first-order valence-electron chi connectivity index (χ1n) is 5.06. The van der Waals surface area contributed by atoms with Crippen molar-refractivity contribution in [3.63, 3.8) is 0 Å². The second kappa shape index (κ2) is 5.22. The highest BCUT2D eigenvalue weighted by Gasteiger charge is 2.10. The van der Waals surface area contributed by atoms with Crippen molar-refractivity contribution in [2.45, 2.75) is 19.8 Å². The Morgan fingerprint density at radius 2 is 2.19 bits per heavy atom. The molecule has 0 saturated heterocycles. The third kappa shape index (κ3) is 2.34. The molecule has 0 bridgehead atoms. The van der Waals surface area contributed by atoms with E-state index in [1.807, 2.05) is 18.2 Å². The largest absolute Gasteiger partial charge is 0.514 e. The predicted molar refractivity (Wildman–Crippen MR) is 63.3 cm³/mol. The van der Waals surface area contributed by atoms with E-state index in [1.165, 1.54) is 0 Å². The summed E-state index contributed by atoms with van der Waals surface area (Å²) < 4.78 is 5.24. The number of ether oxygens (including phenoxy) is 1. The van der Waals surface area contributed by atoms with E-state index in [0.29, 0.717) is 11.5 Å². The van der Waals surface area contributed by atoms with Crippen LogP contribution < -0.4 is 4.74 Å². The third-order valence-electron chi connectivity index (χ3n) is 2.41. The van der Waals surface area contributed by atoms with Crippen LogP contribution in [0.2, 0.25) is 0 Å². The van der Waals surface area contributed by atoms with Crippen molar-refractivity contribution < 1.29 is 9.84 Å². The van der Waals surface area contributed by atoms with E-state index in [0.717, 1.165) is 17.6 Å². The van der Waals surface area contributed by atoms with E-state index in [9.17, 15) is 0 Å². The molecule has 16 heavy (non-hydrogen) atoms. The van der Waals surface area contributed by atoms with Crippen LogP contribution in [0.15, 0.2) is 24.5 Å². The molecule has 84 valence electrons. The molecule has 0 aliphatic heterocycles. The highest BCUT2D eigenvalue weighted by Crippen LogP contribution is 2.29. The Labute approximate surface area is 95.6 Å². The first kappa shape index (κ1) is 12.1. The minimum absolute atomic E-state index is 0.254. The lowest BCUT2D eigenvalue weighted by molar-refractivity contribution is 0.407. The molecule has 0 heterocycles. The molecule has 0 unspecified atom stereocenters. The highest BCUT2D eigenvalue weighted by atomic mass is 16.5. The van der Waals surface area contributed by atoms with Crippen LogP contribution in [0.25, 0.3) is 5.57 Å². The predicted octanol–water partition coefficient (Wildman–Crippen LogP) is 3.24. The third-order valence-corrected chi connectivity index (χ3v) is 2.41. The van der Waals surface area contributed by atoms with Crippen LogP contribution in [0.1, 0.15) is 30.9 Å². The van der Waals surface area contributed by atoms with Gasteiger partial charge in [0.1, 0.15) is 11.8 Å². The maximum absolute atomic E-state index is 8.92. The maximum atomic E-state index is 8.92. The maximum Gasteiger partial charge on any atom is 0.122 e. The number of hydrogen-bond donors (Lipinski definition) is 1. The molecule has 0 amide bonds. The fourth-order valence-electron chi connectivity index (χ4n) is 1.52. The number of rotatable bonds is 3. The number of benzene rings is 1. The number of aliphatic hydroxyl groups excluding tert-OH is 1. The summed E-state index contributed by atoms with van der Waals surface area (Å²) in [6, 6.07) is 7.38. The minimum Gasteiger partial charge on any atom is -0.514 e. The van der Waals surface area contributed by atoms with Crippen molar-refractivity contribution in [3.05, 3.63) is 35.6 Å². The molecule has 0 spiro atoms.